The fourth-order valence-corrected chi connectivity index (χ4v) is 3.54. The number of methoxy groups -OCH3 is 2. The van der Waals surface area contributed by atoms with Crippen molar-refractivity contribution in [1.29, 1.82) is 0 Å². The second-order valence-electron chi connectivity index (χ2n) is 6.14. The van der Waals surface area contributed by atoms with Crippen LogP contribution in [0.25, 0.3) is 0 Å². The number of carbonyl (C=O) groups is 2. The maximum atomic E-state index is 12.3. The summed E-state index contributed by atoms with van der Waals surface area (Å²) < 4.78 is 15.8. The van der Waals surface area contributed by atoms with Gasteiger partial charge in [-0.3, -0.25) is 4.79 Å². The number of esters is 1. The summed E-state index contributed by atoms with van der Waals surface area (Å²) in [5.74, 6) is -0.831. The Hall–Kier alpha value is -2.31. The average Bonchev–Trinajstić information content (AvgIpc) is 3.09. The molecule has 0 aromatic heterocycles. The lowest BCUT2D eigenvalue weighted by Gasteiger charge is -2.34. The Morgan fingerprint density at radius 1 is 1.27 bits per heavy atom. The standard InChI is InChI=1S/C19H20ClNO5/c1-24-18(23)15-10-26-19(25-2)16-12(5-8-14(15)16)9-21-17(22)11-3-6-13(20)7-4-11/h3-7,10,14,16,19H,8-9H2,1-2H3,(H,21,22)/t14-,16-,19-/m1/s1. The molecule has 0 bridgehead atoms. The van der Waals surface area contributed by atoms with Gasteiger partial charge in [0.25, 0.3) is 5.91 Å². The first-order chi connectivity index (χ1) is 12.5. The third kappa shape index (κ3) is 3.61. The first kappa shape index (κ1) is 18.5. The lowest BCUT2D eigenvalue weighted by atomic mass is 9.83. The lowest BCUT2D eigenvalue weighted by Crippen LogP contribution is -2.38. The zero-order valence-electron chi connectivity index (χ0n) is 14.5. The van der Waals surface area contributed by atoms with Crippen molar-refractivity contribution in [3.05, 3.63) is 58.3 Å². The SMILES string of the molecule is COC(=O)C1=CO[C@@H](OC)[C@@H]2C(CNC(=O)c3ccc(Cl)cc3)=CC[C@H]12. The highest BCUT2D eigenvalue weighted by atomic mass is 35.5. The van der Waals surface area contributed by atoms with Gasteiger partial charge in [0.2, 0.25) is 6.29 Å². The van der Waals surface area contributed by atoms with Crippen molar-refractivity contribution in [3.8, 4) is 0 Å². The van der Waals surface area contributed by atoms with Gasteiger partial charge in [-0.05, 0) is 36.3 Å². The molecule has 3 atom stereocenters. The summed E-state index contributed by atoms with van der Waals surface area (Å²) >= 11 is 5.84. The predicted octanol–water partition coefficient (Wildman–Crippen LogP) is 2.69. The minimum absolute atomic E-state index is 0.0800. The van der Waals surface area contributed by atoms with Crippen LogP contribution in [0, 0.1) is 11.8 Å². The molecule has 2 aliphatic rings. The molecule has 0 saturated heterocycles. The molecule has 1 aromatic rings. The highest BCUT2D eigenvalue weighted by Crippen LogP contribution is 2.43. The normalized spacial score (nSPS) is 24.0. The number of halogens is 1. The van der Waals surface area contributed by atoms with E-state index in [-0.39, 0.29) is 17.7 Å². The van der Waals surface area contributed by atoms with Crippen molar-refractivity contribution in [3.63, 3.8) is 0 Å². The van der Waals surface area contributed by atoms with Gasteiger partial charge < -0.3 is 19.5 Å². The first-order valence-corrected chi connectivity index (χ1v) is 8.62. The van der Waals surface area contributed by atoms with Gasteiger partial charge in [-0.1, -0.05) is 17.7 Å². The van der Waals surface area contributed by atoms with Gasteiger partial charge in [-0.2, -0.15) is 0 Å². The number of ether oxygens (including phenoxy) is 3. The van der Waals surface area contributed by atoms with E-state index in [4.69, 9.17) is 25.8 Å². The van der Waals surface area contributed by atoms with E-state index in [0.717, 1.165) is 5.57 Å². The van der Waals surface area contributed by atoms with Crippen molar-refractivity contribution in [2.24, 2.45) is 11.8 Å². The molecule has 1 aliphatic carbocycles. The Bertz CT molecular complexity index is 756. The minimum Gasteiger partial charge on any atom is -0.471 e. The molecule has 0 unspecified atom stereocenters. The van der Waals surface area contributed by atoms with Crippen LogP contribution in [-0.4, -0.2) is 38.9 Å². The minimum atomic E-state index is -0.505. The van der Waals surface area contributed by atoms with Crippen LogP contribution in [0.3, 0.4) is 0 Å². The average molecular weight is 378 g/mol. The van der Waals surface area contributed by atoms with E-state index in [1.807, 2.05) is 6.08 Å². The molecule has 0 saturated carbocycles. The largest absolute Gasteiger partial charge is 0.471 e. The van der Waals surface area contributed by atoms with E-state index in [9.17, 15) is 9.59 Å². The molecule has 0 spiro atoms. The number of benzene rings is 1. The Labute approximate surface area is 156 Å². The number of nitrogens with one attached hydrogen (secondary N) is 1. The molecule has 1 heterocycles. The van der Waals surface area contributed by atoms with Gasteiger partial charge in [-0.15, -0.1) is 0 Å². The summed E-state index contributed by atoms with van der Waals surface area (Å²) in [4.78, 5) is 24.3. The number of fused-ring (bicyclic) bond motifs is 1. The Morgan fingerprint density at radius 3 is 2.65 bits per heavy atom. The Kier molecular flexibility index (Phi) is 5.64. The molecule has 7 heteroatoms. The van der Waals surface area contributed by atoms with Crippen molar-refractivity contribution in [2.45, 2.75) is 12.7 Å². The summed E-state index contributed by atoms with van der Waals surface area (Å²) in [6, 6.07) is 6.68. The van der Waals surface area contributed by atoms with E-state index >= 15 is 0 Å². The molecule has 6 nitrogen and oxygen atoms in total. The number of amides is 1. The van der Waals surface area contributed by atoms with Gasteiger partial charge in [-0.25, -0.2) is 4.79 Å². The van der Waals surface area contributed by atoms with Crippen molar-refractivity contribution in [2.75, 3.05) is 20.8 Å². The summed E-state index contributed by atoms with van der Waals surface area (Å²) in [5.41, 5.74) is 1.99. The highest BCUT2D eigenvalue weighted by Gasteiger charge is 2.44. The van der Waals surface area contributed by atoms with E-state index in [1.165, 1.54) is 13.4 Å². The number of hydrogen-bond donors (Lipinski definition) is 1. The van der Waals surface area contributed by atoms with Crippen LogP contribution in [0.15, 0.2) is 47.7 Å². The van der Waals surface area contributed by atoms with Gasteiger partial charge in [0.15, 0.2) is 0 Å². The summed E-state index contributed by atoms with van der Waals surface area (Å²) in [6.45, 7) is 0.348. The summed E-state index contributed by atoms with van der Waals surface area (Å²) in [6.07, 6.45) is 3.61. The Morgan fingerprint density at radius 2 is 2.00 bits per heavy atom. The maximum Gasteiger partial charge on any atom is 0.337 e. The van der Waals surface area contributed by atoms with E-state index < -0.39 is 12.3 Å². The molecule has 1 aliphatic heterocycles. The van der Waals surface area contributed by atoms with E-state index in [1.54, 1.807) is 31.4 Å². The second kappa shape index (κ2) is 7.93. The van der Waals surface area contributed by atoms with Crippen LogP contribution in [0.2, 0.25) is 5.02 Å². The van der Waals surface area contributed by atoms with Crippen LogP contribution < -0.4 is 5.32 Å². The van der Waals surface area contributed by atoms with Crippen LogP contribution >= 0.6 is 11.6 Å². The summed E-state index contributed by atoms with van der Waals surface area (Å²) in [5, 5.41) is 3.48. The molecule has 3 rings (SSSR count). The summed E-state index contributed by atoms with van der Waals surface area (Å²) in [7, 11) is 2.90. The Balaban J connectivity index is 1.69. The first-order valence-electron chi connectivity index (χ1n) is 8.24. The third-order valence-electron chi connectivity index (χ3n) is 4.73. The van der Waals surface area contributed by atoms with Gasteiger partial charge >= 0.3 is 5.97 Å². The maximum absolute atomic E-state index is 12.3. The zero-order chi connectivity index (χ0) is 18.7. The molecule has 0 fully saturated rings. The number of allylic oxidation sites excluding steroid dienone is 1. The molecule has 1 N–H and O–H groups in total. The van der Waals surface area contributed by atoms with Gasteiger partial charge in [0.1, 0.15) is 0 Å². The molecule has 138 valence electrons. The third-order valence-corrected chi connectivity index (χ3v) is 4.98. The topological polar surface area (TPSA) is 73.9 Å². The fraction of sp³-hybridized carbons (Fsp3) is 0.368. The van der Waals surface area contributed by atoms with Crippen LogP contribution in [-0.2, 0) is 19.0 Å². The van der Waals surface area contributed by atoms with Crippen LogP contribution in [0.5, 0.6) is 0 Å². The predicted molar refractivity (Wildman–Crippen MR) is 95.4 cm³/mol. The molecule has 0 radical (unpaired) electrons. The fourth-order valence-electron chi connectivity index (χ4n) is 3.41. The number of carbonyl (C=O) groups excluding carboxylic acids is 2. The van der Waals surface area contributed by atoms with E-state index in [2.05, 4.69) is 5.32 Å². The molecular formula is C19H20ClNO5. The van der Waals surface area contributed by atoms with Gasteiger partial charge in [0.05, 0.1) is 24.9 Å². The smallest absolute Gasteiger partial charge is 0.337 e. The quantitative estimate of drug-likeness (QED) is 0.631. The van der Waals surface area contributed by atoms with Gasteiger partial charge in [0, 0.05) is 30.2 Å². The van der Waals surface area contributed by atoms with E-state index in [0.29, 0.717) is 29.1 Å². The molecule has 1 aromatic carbocycles. The second-order valence-corrected chi connectivity index (χ2v) is 6.58. The molecular weight excluding hydrogens is 358 g/mol. The number of rotatable bonds is 5. The van der Waals surface area contributed by atoms with Crippen molar-refractivity contribution < 1.29 is 23.8 Å². The van der Waals surface area contributed by atoms with Crippen molar-refractivity contribution in [1.82, 2.24) is 5.32 Å². The zero-order valence-corrected chi connectivity index (χ0v) is 15.3. The highest BCUT2D eigenvalue weighted by molar-refractivity contribution is 6.30. The lowest BCUT2D eigenvalue weighted by molar-refractivity contribution is -0.146. The molecule has 1 amide bonds. The van der Waals surface area contributed by atoms with Crippen LogP contribution in [0.4, 0.5) is 0 Å². The number of hydrogen-bond acceptors (Lipinski definition) is 5. The van der Waals surface area contributed by atoms with Crippen molar-refractivity contribution >= 4 is 23.5 Å². The molecule has 26 heavy (non-hydrogen) atoms. The monoisotopic (exact) mass is 377 g/mol. The van der Waals surface area contributed by atoms with Crippen LogP contribution in [0.1, 0.15) is 16.8 Å².